The standard InChI is InChI=1S/C34H46N4O9.C34H46N4O8.C33H47N5O7S.CH4/c1-2-35-12-14-36(22-32(42)43)16-17-38(24-34(46)47)28(21-37(15-13-35)23-33(44)45)18-26-6-8-27(9-7-26)19-29(39)5-3-4-25-10-11-30(40)31(41)20-25;1-2-35-13-15-36(23-32(41)42)17-18-38(25-34(45)46)29(22-37(16-14-35)24-33(43)44)19-27-9-11-28(12-10-27)21-31(40)8-4-6-26-5-3-7-30(39)20-26;1-2-35-13-15-36(22-31(40)41)17-18-38(24-33(44)45)28(21-37(16-14-35)23-32(42)43)19-26-3-5-27(6-4-26)20-30(46)34-12-11-25-7-9-29(39)10-8-25;/h3,5-11,20,28,40-41H,2,4,12-19,21-24H2,1H3,(H,42,43)(H,44,45)(H,46,47);3-5,7-12,20,29,39H,2,6,13-19,21-25H2,1H3,(H,41,42)(H,43,44)(H,45,46);3-10,28,39H,2,11-24H2,1H3,(H,34,46)(H,40,41)(H,42,43)(H,44,45);1H4/b5-3+;8-4+;;. The highest BCUT2D eigenvalue weighted by molar-refractivity contribution is 7.80. The van der Waals surface area contributed by atoms with Crippen molar-refractivity contribution in [1.29, 1.82) is 0 Å². The quantitative estimate of drug-likeness (QED) is 0.0132. The number of benzene rings is 6. The molecule has 0 aromatic heterocycles. The molecule has 3 unspecified atom stereocenters. The fourth-order valence-corrected chi connectivity index (χ4v) is 17.2. The van der Waals surface area contributed by atoms with E-state index in [0.717, 1.165) is 81.1 Å². The number of rotatable bonds is 42. The SMILES string of the molecule is C.CCN1CCN(CC(=O)O)CCN(CC(=O)O)C(Cc2ccc(CC(=O)/C=C/Cc3ccc(O)c(O)c3)cc2)CN(CC(=O)O)CC1.CCN1CCN(CC(=O)O)CCN(CC(=O)O)C(Cc2ccc(CC(=O)/C=C/Cc3cccc(O)c3)cc2)CN(CC(=O)O)CC1.CCN1CCN(CC(=O)O)CCN(CC(=O)O)C(Cc2ccc(CC(=S)NCCc3ccc(O)cc3)cc2)CN(CC(=O)O)CC1. The van der Waals surface area contributed by atoms with Crippen LogP contribution in [0.2, 0.25) is 0 Å². The zero-order valence-corrected chi connectivity index (χ0v) is 80.6. The lowest BCUT2D eigenvalue weighted by atomic mass is 10.00. The number of aliphatic carboxylic acids is 9. The van der Waals surface area contributed by atoms with Crippen molar-refractivity contribution < 1.29 is 119 Å². The van der Waals surface area contributed by atoms with Crippen LogP contribution in [0.5, 0.6) is 23.0 Å². The molecular weight excluding hydrogens is 1820 g/mol. The number of aromatic hydroxyl groups is 4. The van der Waals surface area contributed by atoms with Crippen molar-refractivity contribution in [1.82, 2.24) is 64.1 Å². The van der Waals surface area contributed by atoms with Crippen LogP contribution in [-0.2, 0) is 111 Å². The molecule has 140 heavy (non-hydrogen) atoms. The number of nitrogens with zero attached hydrogens (tertiary/aromatic N) is 12. The molecule has 3 aliphatic rings. The van der Waals surface area contributed by atoms with Crippen LogP contribution in [0, 0.1) is 0 Å². The number of thiocarbonyl (C=S) groups is 1. The first-order valence-electron chi connectivity index (χ1n) is 47.1. The number of phenols is 4. The number of carboxylic acid groups (broad SMARTS) is 9. The second-order valence-electron chi connectivity index (χ2n) is 35.3. The number of carbonyl (C=O) groups excluding carboxylic acids is 2. The topological polar surface area (TPSA) is 502 Å². The van der Waals surface area contributed by atoms with Crippen molar-refractivity contribution in [2.75, 3.05) is 223 Å². The number of allylic oxidation sites excluding steroid dienone is 4. The third-order valence-corrected chi connectivity index (χ3v) is 24.8. The van der Waals surface area contributed by atoms with Crippen LogP contribution >= 0.6 is 12.2 Å². The summed E-state index contributed by atoms with van der Waals surface area (Å²) in [6.45, 7) is 16.7. The number of nitrogens with one attached hydrogen (secondary N) is 1. The Balaban J connectivity index is 0.000000321. The summed E-state index contributed by atoms with van der Waals surface area (Å²) < 4.78 is 0. The summed E-state index contributed by atoms with van der Waals surface area (Å²) in [6, 6.07) is 40.4. The molecule has 37 nitrogen and oxygen atoms in total. The minimum absolute atomic E-state index is 0. The molecule has 0 saturated carbocycles. The number of ketones is 2. The molecule has 0 bridgehead atoms. The van der Waals surface area contributed by atoms with E-state index < -0.39 is 53.7 Å². The molecule has 766 valence electrons. The Labute approximate surface area is 825 Å². The zero-order chi connectivity index (χ0) is 101. The van der Waals surface area contributed by atoms with E-state index in [0.29, 0.717) is 183 Å². The Kier molecular flexibility index (Phi) is 52.4. The van der Waals surface area contributed by atoms with E-state index in [-0.39, 0.29) is 132 Å². The van der Waals surface area contributed by atoms with Crippen LogP contribution in [0.25, 0.3) is 0 Å². The Morgan fingerprint density at radius 2 is 0.586 bits per heavy atom. The van der Waals surface area contributed by atoms with Gasteiger partial charge in [-0.05, 0) is 157 Å². The highest BCUT2D eigenvalue weighted by Gasteiger charge is 2.32. The van der Waals surface area contributed by atoms with Gasteiger partial charge in [0.1, 0.15) is 11.5 Å². The van der Waals surface area contributed by atoms with Crippen LogP contribution in [0.3, 0.4) is 0 Å². The lowest BCUT2D eigenvalue weighted by molar-refractivity contribution is -0.141. The van der Waals surface area contributed by atoms with Crippen LogP contribution in [-0.4, -0.2) is 436 Å². The van der Waals surface area contributed by atoms with E-state index in [1.807, 2.05) is 146 Å². The summed E-state index contributed by atoms with van der Waals surface area (Å²) in [6.07, 6.45) is 10.5. The van der Waals surface area contributed by atoms with Crippen molar-refractivity contribution in [3.8, 4) is 23.0 Å². The Morgan fingerprint density at radius 3 is 0.900 bits per heavy atom. The van der Waals surface area contributed by atoms with Crippen LogP contribution in [0.4, 0.5) is 0 Å². The first-order chi connectivity index (χ1) is 66.4. The average molecular weight is 1970 g/mol. The fourth-order valence-electron chi connectivity index (χ4n) is 17.0. The molecule has 6 aromatic rings. The monoisotopic (exact) mass is 1970 g/mol. The lowest BCUT2D eigenvalue weighted by Gasteiger charge is -2.37. The third-order valence-electron chi connectivity index (χ3n) is 24.5. The van der Waals surface area contributed by atoms with Gasteiger partial charge < -0.3 is 86.4 Å². The van der Waals surface area contributed by atoms with Gasteiger partial charge in [0.15, 0.2) is 23.1 Å². The lowest BCUT2D eigenvalue weighted by Crippen LogP contribution is -2.53. The summed E-state index contributed by atoms with van der Waals surface area (Å²) in [7, 11) is 0. The maximum absolute atomic E-state index is 12.6. The highest BCUT2D eigenvalue weighted by atomic mass is 32.1. The fraction of sp³-hybridized carbons (Fsp3) is 0.490. The largest absolute Gasteiger partial charge is 0.508 e. The number of carboxylic acids is 9. The van der Waals surface area contributed by atoms with E-state index in [2.05, 4.69) is 20.0 Å². The van der Waals surface area contributed by atoms with E-state index >= 15 is 0 Å². The molecule has 9 rings (SSSR count). The molecular formula is C102H143N13O24S. The summed E-state index contributed by atoms with van der Waals surface area (Å²) in [4.78, 5) is 155. The summed E-state index contributed by atoms with van der Waals surface area (Å²) >= 11 is 5.55. The van der Waals surface area contributed by atoms with Gasteiger partial charge in [0.2, 0.25) is 0 Å². The highest BCUT2D eigenvalue weighted by Crippen LogP contribution is 2.26. The Hall–Kier alpha value is -12.0. The number of hydrogen-bond acceptors (Lipinski definition) is 28. The van der Waals surface area contributed by atoms with Crippen molar-refractivity contribution in [2.45, 2.75) is 104 Å². The predicted molar refractivity (Wildman–Crippen MR) is 534 cm³/mol. The number of hydrogen-bond donors (Lipinski definition) is 14. The normalized spacial score (nSPS) is 17.9. The van der Waals surface area contributed by atoms with Crippen molar-refractivity contribution in [3.63, 3.8) is 0 Å². The first kappa shape index (κ1) is 117. The van der Waals surface area contributed by atoms with E-state index in [9.17, 15) is 119 Å². The van der Waals surface area contributed by atoms with Gasteiger partial charge in [-0.1, -0.05) is 156 Å². The molecule has 0 aliphatic carbocycles. The van der Waals surface area contributed by atoms with Gasteiger partial charge in [-0.3, -0.25) is 96.8 Å². The number of phenolic OH excluding ortho intramolecular Hbond substituents is 4. The molecule has 14 N–H and O–H groups in total. The van der Waals surface area contributed by atoms with Crippen molar-refractivity contribution in [2.24, 2.45) is 0 Å². The third kappa shape index (κ3) is 47.3. The van der Waals surface area contributed by atoms with Crippen LogP contribution in [0.15, 0.2) is 164 Å². The maximum atomic E-state index is 12.6. The van der Waals surface area contributed by atoms with Crippen LogP contribution < -0.4 is 5.32 Å². The van der Waals surface area contributed by atoms with Crippen LogP contribution in [0.1, 0.15) is 78.3 Å². The van der Waals surface area contributed by atoms with Gasteiger partial charge in [-0.15, -0.1) is 0 Å². The minimum atomic E-state index is -1.03. The molecule has 0 amide bonds. The molecule has 0 radical (unpaired) electrons. The predicted octanol–water partition coefficient (Wildman–Crippen LogP) is 5.26. The molecule has 38 heteroatoms. The average Bonchev–Trinajstić information content (AvgIpc) is 0.849. The van der Waals surface area contributed by atoms with E-state index in [4.69, 9.17) is 12.2 Å². The molecule has 3 saturated heterocycles. The molecule has 3 heterocycles. The number of carbonyl (C=O) groups is 11. The van der Waals surface area contributed by atoms with Gasteiger partial charge in [0, 0.05) is 181 Å². The van der Waals surface area contributed by atoms with E-state index in [1.54, 1.807) is 58.4 Å². The second kappa shape index (κ2) is 62.9. The van der Waals surface area contributed by atoms with Gasteiger partial charge in [0.05, 0.1) is 63.9 Å². The Bertz CT molecular complexity index is 4960. The van der Waals surface area contributed by atoms with Crippen molar-refractivity contribution >= 4 is 82.5 Å². The van der Waals surface area contributed by atoms with Crippen molar-refractivity contribution in [3.05, 3.63) is 214 Å². The Morgan fingerprint density at radius 1 is 0.307 bits per heavy atom. The zero-order valence-electron chi connectivity index (χ0n) is 79.8. The van der Waals surface area contributed by atoms with Gasteiger partial charge in [-0.25, -0.2) is 0 Å². The second-order valence-corrected chi connectivity index (χ2v) is 35.7. The minimum Gasteiger partial charge on any atom is -0.508 e. The van der Waals surface area contributed by atoms with E-state index in [1.165, 1.54) is 24.3 Å². The number of likely N-dealkylation sites (N-methyl/N-ethyl adjacent to an activating group) is 3. The molecule has 3 aliphatic heterocycles. The molecule has 3 fully saturated rings. The summed E-state index contributed by atoms with van der Waals surface area (Å²) in [5.41, 5.74) is 8.18. The summed E-state index contributed by atoms with van der Waals surface area (Å²) in [5.74, 6) is -8.94. The first-order valence-corrected chi connectivity index (χ1v) is 47.5. The van der Waals surface area contributed by atoms with Gasteiger partial charge >= 0.3 is 53.7 Å². The smallest absolute Gasteiger partial charge is 0.317 e. The van der Waals surface area contributed by atoms with Gasteiger partial charge in [0.25, 0.3) is 0 Å². The molecule has 0 spiro atoms. The van der Waals surface area contributed by atoms with Gasteiger partial charge in [-0.2, -0.15) is 0 Å². The molecule has 3 atom stereocenters. The molecule has 6 aromatic carbocycles. The maximum Gasteiger partial charge on any atom is 0.317 e. The summed E-state index contributed by atoms with van der Waals surface area (Å²) in [5, 5.41) is 128.